The van der Waals surface area contributed by atoms with Crippen LogP contribution in [-0.4, -0.2) is 41.7 Å². The predicted octanol–water partition coefficient (Wildman–Crippen LogP) is 0.250. The molecule has 0 amide bonds. The minimum Gasteiger partial charge on any atom is -0.503 e. The van der Waals surface area contributed by atoms with E-state index >= 15 is 0 Å². The molecule has 0 aliphatic heterocycles. The Morgan fingerprint density at radius 1 is 1.33 bits per heavy atom. The maximum absolute atomic E-state index is 11.8. The van der Waals surface area contributed by atoms with E-state index in [0.717, 1.165) is 0 Å². The van der Waals surface area contributed by atoms with Gasteiger partial charge < -0.3 is 24.9 Å². The first-order chi connectivity index (χ1) is 11.4. The van der Waals surface area contributed by atoms with E-state index in [9.17, 15) is 19.5 Å². The molecule has 0 aliphatic carbocycles. The maximum Gasteiger partial charge on any atom is 0.306 e. The van der Waals surface area contributed by atoms with E-state index in [2.05, 4.69) is 0 Å². The molecule has 8 heteroatoms. The Bertz CT molecular complexity index is 638. The summed E-state index contributed by atoms with van der Waals surface area (Å²) < 4.78 is 11.8. The molecule has 1 heterocycles. The second-order valence-corrected chi connectivity index (χ2v) is 5.35. The average molecular weight is 340 g/mol. The highest BCUT2D eigenvalue weighted by atomic mass is 16.5. The molecule has 0 unspecified atom stereocenters. The molecule has 134 valence electrons. The van der Waals surface area contributed by atoms with Gasteiger partial charge in [-0.2, -0.15) is 0 Å². The second kappa shape index (κ2) is 9.84. The lowest BCUT2D eigenvalue weighted by Gasteiger charge is -2.18. The van der Waals surface area contributed by atoms with Gasteiger partial charge in [0, 0.05) is 38.4 Å². The van der Waals surface area contributed by atoms with Crippen LogP contribution in [0.5, 0.6) is 5.75 Å². The molecule has 0 saturated carbocycles. The van der Waals surface area contributed by atoms with Crippen molar-refractivity contribution in [3.8, 4) is 5.75 Å². The van der Waals surface area contributed by atoms with Crippen LogP contribution in [0.3, 0.4) is 0 Å². The molecule has 0 fully saturated rings. The lowest BCUT2D eigenvalue weighted by atomic mass is 10.2. The molecule has 0 aromatic carbocycles. The van der Waals surface area contributed by atoms with Gasteiger partial charge in [-0.3, -0.25) is 14.4 Å². The summed E-state index contributed by atoms with van der Waals surface area (Å²) in [6.07, 6.45) is 0.595. The quantitative estimate of drug-likeness (QED) is 0.462. The van der Waals surface area contributed by atoms with Gasteiger partial charge >= 0.3 is 5.97 Å². The molecule has 0 aliphatic rings. The number of ether oxygens (including phenoxy) is 2. The Labute approximate surface area is 140 Å². The molecular formula is C16H24N2O6. The number of nitrogens with zero attached hydrogens (tertiary/aromatic N) is 1. The first-order valence-electron chi connectivity index (χ1n) is 7.69. The zero-order chi connectivity index (χ0) is 18.1. The van der Waals surface area contributed by atoms with E-state index in [4.69, 9.17) is 15.2 Å². The number of aromatic hydroxyl groups is 1. The molecule has 8 nitrogen and oxygen atoms in total. The van der Waals surface area contributed by atoms with Gasteiger partial charge in [0.1, 0.15) is 18.1 Å². The van der Waals surface area contributed by atoms with E-state index in [1.807, 2.05) is 0 Å². The summed E-state index contributed by atoms with van der Waals surface area (Å²) >= 11 is 0. The van der Waals surface area contributed by atoms with Gasteiger partial charge in [-0.05, 0) is 13.3 Å². The minimum absolute atomic E-state index is 0.00970. The number of rotatable bonds is 10. The van der Waals surface area contributed by atoms with Crippen LogP contribution in [0, 0.1) is 6.92 Å². The first kappa shape index (κ1) is 19.9. The van der Waals surface area contributed by atoms with Crippen LogP contribution in [0.25, 0.3) is 0 Å². The molecule has 0 atom stereocenters. The second-order valence-electron chi connectivity index (χ2n) is 5.35. The van der Waals surface area contributed by atoms with Crippen molar-refractivity contribution >= 4 is 11.8 Å². The number of hydrogen-bond acceptors (Lipinski definition) is 7. The number of ketones is 1. The van der Waals surface area contributed by atoms with Crippen LogP contribution in [0.15, 0.2) is 10.9 Å². The topological polar surface area (TPSA) is 121 Å². The van der Waals surface area contributed by atoms with Gasteiger partial charge in [0.05, 0.1) is 13.0 Å². The Morgan fingerprint density at radius 3 is 2.67 bits per heavy atom. The summed E-state index contributed by atoms with van der Waals surface area (Å²) in [5.74, 6) is -1.26. The van der Waals surface area contributed by atoms with Crippen molar-refractivity contribution in [2.75, 3.05) is 20.3 Å². The Hall–Kier alpha value is -2.19. The van der Waals surface area contributed by atoms with Gasteiger partial charge in [0.15, 0.2) is 5.75 Å². The Balaban J connectivity index is 2.82. The summed E-state index contributed by atoms with van der Waals surface area (Å²) in [6.45, 7) is 2.40. The van der Waals surface area contributed by atoms with Gasteiger partial charge in [-0.25, -0.2) is 0 Å². The summed E-state index contributed by atoms with van der Waals surface area (Å²) in [4.78, 5) is 34.5. The summed E-state index contributed by atoms with van der Waals surface area (Å²) in [5, 5.41) is 10.0. The summed E-state index contributed by atoms with van der Waals surface area (Å²) in [5.41, 5.74) is 5.53. The zero-order valence-electron chi connectivity index (χ0n) is 14.0. The number of nitrogens with two attached hydrogens (primary N) is 1. The fourth-order valence-corrected chi connectivity index (χ4v) is 2.21. The molecule has 1 aromatic heterocycles. The van der Waals surface area contributed by atoms with E-state index < -0.39 is 17.1 Å². The number of aryl methyl sites for hydroxylation is 1. The highest BCUT2D eigenvalue weighted by Gasteiger charge is 2.15. The van der Waals surface area contributed by atoms with Crippen LogP contribution in [-0.2, 0) is 32.2 Å². The van der Waals surface area contributed by atoms with E-state index in [1.165, 1.54) is 6.07 Å². The number of esters is 1. The molecule has 1 aromatic rings. The molecule has 0 saturated heterocycles. The zero-order valence-corrected chi connectivity index (χ0v) is 14.0. The van der Waals surface area contributed by atoms with Crippen molar-refractivity contribution in [2.45, 2.75) is 39.3 Å². The SMILES string of the molecule is COCCCn1c(C)cc(=O)c(O)c1COC(=O)CCC(=O)CN. The molecular weight excluding hydrogens is 316 g/mol. The third kappa shape index (κ3) is 5.78. The third-order valence-corrected chi connectivity index (χ3v) is 3.53. The number of hydrogen-bond donors (Lipinski definition) is 2. The van der Waals surface area contributed by atoms with Crippen molar-refractivity contribution in [1.82, 2.24) is 4.57 Å². The summed E-state index contributed by atoms with van der Waals surface area (Å²) in [6, 6.07) is 1.33. The van der Waals surface area contributed by atoms with Gasteiger partial charge in [-0.1, -0.05) is 0 Å². The maximum atomic E-state index is 11.8. The highest BCUT2D eigenvalue weighted by molar-refractivity contribution is 5.84. The van der Waals surface area contributed by atoms with Crippen LogP contribution in [0.4, 0.5) is 0 Å². The molecule has 0 bridgehead atoms. The monoisotopic (exact) mass is 340 g/mol. The molecule has 0 spiro atoms. The largest absolute Gasteiger partial charge is 0.503 e. The molecule has 24 heavy (non-hydrogen) atoms. The van der Waals surface area contributed by atoms with Crippen molar-refractivity contribution in [2.24, 2.45) is 5.73 Å². The Kier molecular flexibility index (Phi) is 8.14. The van der Waals surface area contributed by atoms with Crippen molar-refractivity contribution in [1.29, 1.82) is 0 Å². The average Bonchev–Trinajstić information content (AvgIpc) is 2.56. The van der Waals surface area contributed by atoms with Crippen LogP contribution < -0.4 is 11.2 Å². The number of carbonyl (C=O) groups is 2. The van der Waals surface area contributed by atoms with E-state index in [-0.39, 0.29) is 37.5 Å². The van der Waals surface area contributed by atoms with Crippen LogP contribution >= 0.6 is 0 Å². The highest BCUT2D eigenvalue weighted by Crippen LogP contribution is 2.16. The minimum atomic E-state index is -0.589. The lowest BCUT2D eigenvalue weighted by molar-refractivity contribution is -0.146. The predicted molar refractivity (Wildman–Crippen MR) is 86.7 cm³/mol. The standard InChI is InChI=1S/C16H24N2O6/c1-11-8-14(20)16(22)13(18(11)6-3-7-23-2)10-24-15(21)5-4-12(19)9-17/h8,22H,3-7,9-10,17H2,1-2H3. The molecule has 3 N–H and O–H groups in total. The van der Waals surface area contributed by atoms with Gasteiger partial charge in [0.2, 0.25) is 5.43 Å². The van der Waals surface area contributed by atoms with Crippen molar-refractivity contribution in [3.05, 3.63) is 27.7 Å². The number of carbonyl (C=O) groups excluding carboxylic acids is 2. The number of pyridine rings is 1. The van der Waals surface area contributed by atoms with Crippen LogP contribution in [0.1, 0.15) is 30.7 Å². The third-order valence-electron chi connectivity index (χ3n) is 3.53. The fourth-order valence-electron chi connectivity index (χ4n) is 2.21. The molecule has 1 rings (SSSR count). The van der Waals surface area contributed by atoms with E-state index in [1.54, 1.807) is 18.6 Å². The van der Waals surface area contributed by atoms with Crippen molar-refractivity contribution < 1.29 is 24.2 Å². The van der Waals surface area contributed by atoms with Gasteiger partial charge in [-0.15, -0.1) is 0 Å². The number of methoxy groups -OCH3 is 1. The first-order valence-corrected chi connectivity index (χ1v) is 7.69. The van der Waals surface area contributed by atoms with Crippen LogP contribution in [0.2, 0.25) is 0 Å². The van der Waals surface area contributed by atoms with E-state index in [0.29, 0.717) is 25.3 Å². The number of Topliss-reactive ketones (excluding diaryl/α,β-unsaturated/α-hetero) is 1. The van der Waals surface area contributed by atoms with Crippen molar-refractivity contribution in [3.63, 3.8) is 0 Å². The Morgan fingerprint density at radius 2 is 2.04 bits per heavy atom. The lowest BCUT2D eigenvalue weighted by Crippen LogP contribution is -2.20. The van der Waals surface area contributed by atoms with Gasteiger partial charge in [0.25, 0.3) is 0 Å². The fraction of sp³-hybridized carbons (Fsp3) is 0.562. The normalized spacial score (nSPS) is 10.6. The molecule has 0 radical (unpaired) electrons. The smallest absolute Gasteiger partial charge is 0.306 e. The summed E-state index contributed by atoms with van der Waals surface area (Å²) in [7, 11) is 1.58. The number of aromatic nitrogens is 1.